The zero-order chi connectivity index (χ0) is 12.0. The molecule has 1 atom stereocenters. The van der Waals surface area contributed by atoms with Crippen molar-refractivity contribution in [3.8, 4) is 0 Å². The largest absolute Gasteiger partial charge is 0.462 e. The highest BCUT2D eigenvalue weighted by molar-refractivity contribution is 5.88. The van der Waals surface area contributed by atoms with Gasteiger partial charge < -0.3 is 4.74 Å². The van der Waals surface area contributed by atoms with Crippen LogP contribution in [0.3, 0.4) is 0 Å². The second kappa shape index (κ2) is 5.72. The molecule has 0 saturated heterocycles. The van der Waals surface area contributed by atoms with Crippen molar-refractivity contribution in [2.75, 3.05) is 6.61 Å². The third-order valence-electron chi connectivity index (χ3n) is 1.95. The lowest BCUT2D eigenvalue weighted by Gasteiger charge is -2.05. The third kappa shape index (κ3) is 2.96. The van der Waals surface area contributed by atoms with Gasteiger partial charge in [0.25, 0.3) is 0 Å². The summed E-state index contributed by atoms with van der Waals surface area (Å²) < 4.78 is 4.81. The Hall–Kier alpha value is -2.07. The lowest BCUT2D eigenvalue weighted by molar-refractivity contribution is 0.0526. The van der Waals surface area contributed by atoms with Crippen LogP contribution in [0.2, 0.25) is 0 Å². The fourth-order valence-corrected chi connectivity index (χ4v) is 1.12. The molecule has 1 aromatic rings. The van der Waals surface area contributed by atoms with Crippen molar-refractivity contribution < 1.29 is 9.53 Å². The van der Waals surface area contributed by atoms with E-state index in [9.17, 15) is 4.79 Å². The van der Waals surface area contributed by atoms with Gasteiger partial charge in [0.15, 0.2) is 0 Å². The van der Waals surface area contributed by atoms with Gasteiger partial charge in [-0.1, -0.05) is 12.0 Å². The van der Waals surface area contributed by atoms with Crippen LogP contribution in [0.1, 0.15) is 35.9 Å². The van der Waals surface area contributed by atoms with E-state index in [0.717, 1.165) is 0 Å². The summed E-state index contributed by atoms with van der Waals surface area (Å²) in [6.45, 7) is 3.80. The standard InChI is InChI=1S/C10H12N4O2/c1-3-16-10(15)8-4-5-9(12-6-8)7(2)13-14-11/h4-7H,3H2,1-2H3. The maximum Gasteiger partial charge on any atom is 0.339 e. The minimum Gasteiger partial charge on any atom is -0.462 e. The summed E-state index contributed by atoms with van der Waals surface area (Å²) in [6, 6.07) is 2.90. The molecule has 0 aromatic carbocycles. The van der Waals surface area contributed by atoms with Gasteiger partial charge in [0.05, 0.1) is 18.2 Å². The predicted octanol–water partition coefficient (Wildman–Crippen LogP) is 2.63. The summed E-state index contributed by atoms with van der Waals surface area (Å²) in [4.78, 5) is 18.0. The van der Waals surface area contributed by atoms with Crippen molar-refractivity contribution in [1.82, 2.24) is 4.98 Å². The number of rotatable bonds is 4. The lowest BCUT2D eigenvalue weighted by atomic mass is 10.2. The Morgan fingerprint density at radius 2 is 2.44 bits per heavy atom. The Bertz CT molecular complexity index is 409. The van der Waals surface area contributed by atoms with Gasteiger partial charge in [-0.05, 0) is 24.6 Å². The zero-order valence-electron chi connectivity index (χ0n) is 9.12. The van der Waals surface area contributed by atoms with Crippen LogP contribution >= 0.6 is 0 Å². The second-order valence-electron chi connectivity index (χ2n) is 3.07. The Morgan fingerprint density at radius 3 is 2.94 bits per heavy atom. The fraction of sp³-hybridized carbons (Fsp3) is 0.400. The molecular formula is C10H12N4O2. The number of hydrogen-bond donors (Lipinski definition) is 0. The molecule has 0 aliphatic heterocycles. The first kappa shape index (κ1) is 12.0. The number of nitrogens with zero attached hydrogens (tertiary/aromatic N) is 4. The molecule has 0 N–H and O–H groups in total. The number of hydrogen-bond acceptors (Lipinski definition) is 4. The Labute approximate surface area is 92.9 Å². The Morgan fingerprint density at radius 1 is 1.69 bits per heavy atom. The van der Waals surface area contributed by atoms with Gasteiger partial charge in [0.2, 0.25) is 0 Å². The van der Waals surface area contributed by atoms with E-state index in [1.807, 2.05) is 0 Å². The monoisotopic (exact) mass is 220 g/mol. The fourth-order valence-electron chi connectivity index (χ4n) is 1.12. The van der Waals surface area contributed by atoms with Gasteiger partial charge in [-0.15, -0.1) is 0 Å². The quantitative estimate of drug-likeness (QED) is 0.338. The summed E-state index contributed by atoms with van der Waals surface area (Å²) in [5.74, 6) is -0.405. The maximum absolute atomic E-state index is 11.3. The van der Waals surface area contributed by atoms with Crippen LogP contribution in [0.15, 0.2) is 23.4 Å². The normalized spacial score (nSPS) is 11.4. The summed E-state index contributed by atoms with van der Waals surface area (Å²) in [6.07, 6.45) is 1.41. The first-order chi connectivity index (χ1) is 7.69. The Balaban J connectivity index is 2.82. The molecule has 0 bridgehead atoms. The molecule has 1 aromatic heterocycles. The van der Waals surface area contributed by atoms with E-state index in [0.29, 0.717) is 17.9 Å². The SMILES string of the molecule is CCOC(=O)c1ccc(C(C)N=[N+]=[N-])nc1. The lowest BCUT2D eigenvalue weighted by Crippen LogP contribution is -2.05. The summed E-state index contributed by atoms with van der Waals surface area (Å²) >= 11 is 0. The molecule has 0 aliphatic carbocycles. The smallest absolute Gasteiger partial charge is 0.339 e. The highest BCUT2D eigenvalue weighted by Gasteiger charge is 2.09. The molecule has 0 fully saturated rings. The molecule has 1 heterocycles. The Kier molecular flexibility index (Phi) is 4.29. The molecule has 84 valence electrons. The molecule has 0 aliphatic rings. The van der Waals surface area contributed by atoms with E-state index in [1.54, 1.807) is 26.0 Å². The molecule has 6 nitrogen and oxygen atoms in total. The molecule has 0 saturated carbocycles. The van der Waals surface area contributed by atoms with Crippen LogP contribution in [0.4, 0.5) is 0 Å². The second-order valence-corrected chi connectivity index (χ2v) is 3.07. The minimum atomic E-state index is -0.405. The van der Waals surface area contributed by atoms with E-state index in [4.69, 9.17) is 10.3 Å². The van der Waals surface area contributed by atoms with Gasteiger partial charge in [-0.25, -0.2) is 4.79 Å². The number of aromatic nitrogens is 1. The topological polar surface area (TPSA) is 88.0 Å². The molecule has 1 rings (SSSR count). The van der Waals surface area contributed by atoms with Crippen molar-refractivity contribution in [2.24, 2.45) is 5.11 Å². The third-order valence-corrected chi connectivity index (χ3v) is 1.95. The number of carbonyl (C=O) groups excluding carboxylic acids is 1. The van der Waals surface area contributed by atoms with Gasteiger partial charge in [0.1, 0.15) is 0 Å². The van der Waals surface area contributed by atoms with Crippen molar-refractivity contribution in [3.05, 3.63) is 40.0 Å². The van der Waals surface area contributed by atoms with Crippen LogP contribution in [0.5, 0.6) is 0 Å². The molecule has 16 heavy (non-hydrogen) atoms. The van der Waals surface area contributed by atoms with Crippen molar-refractivity contribution in [3.63, 3.8) is 0 Å². The summed E-state index contributed by atoms with van der Waals surface area (Å²) in [5, 5.41) is 3.51. The predicted molar refractivity (Wildman–Crippen MR) is 57.8 cm³/mol. The van der Waals surface area contributed by atoms with Crippen molar-refractivity contribution >= 4 is 5.97 Å². The molecule has 0 amide bonds. The van der Waals surface area contributed by atoms with E-state index in [-0.39, 0.29) is 6.04 Å². The average Bonchev–Trinajstić information content (AvgIpc) is 2.30. The number of azide groups is 1. The number of carbonyl (C=O) groups is 1. The highest BCUT2D eigenvalue weighted by Crippen LogP contribution is 2.14. The van der Waals surface area contributed by atoms with E-state index < -0.39 is 5.97 Å². The van der Waals surface area contributed by atoms with Gasteiger partial charge in [-0.3, -0.25) is 4.98 Å². The summed E-state index contributed by atoms with van der Waals surface area (Å²) in [5.41, 5.74) is 9.27. The van der Waals surface area contributed by atoms with Gasteiger partial charge in [-0.2, -0.15) is 0 Å². The minimum absolute atomic E-state index is 0.329. The van der Waals surface area contributed by atoms with E-state index in [2.05, 4.69) is 15.0 Å². The molecular weight excluding hydrogens is 208 g/mol. The average molecular weight is 220 g/mol. The number of ether oxygens (including phenoxy) is 1. The van der Waals surface area contributed by atoms with Crippen molar-refractivity contribution in [1.29, 1.82) is 0 Å². The van der Waals surface area contributed by atoms with Crippen LogP contribution in [-0.2, 0) is 4.74 Å². The van der Waals surface area contributed by atoms with Crippen LogP contribution in [-0.4, -0.2) is 17.6 Å². The molecule has 6 heteroatoms. The van der Waals surface area contributed by atoms with Gasteiger partial charge in [0, 0.05) is 16.8 Å². The van der Waals surface area contributed by atoms with Crippen LogP contribution in [0, 0.1) is 0 Å². The number of pyridine rings is 1. The zero-order valence-corrected chi connectivity index (χ0v) is 9.12. The summed E-state index contributed by atoms with van der Waals surface area (Å²) in [7, 11) is 0. The van der Waals surface area contributed by atoms with E-state index in [1.165, 1.54) is 6.20 Å². The molecule has 0 radical (unpaired) electrons. The maximum atomic E-state index is 11.3. The number of esters is 1. The molecule has 1 unspecified atom stereocenters. The van der Waals surface area contributed by atoms with Crippen molar-refractivity contribution in [2.45, 2.75) is 19.9 Å². The first-order valence-corrected chi connectivity index (χ1v) is 4.86. The van der Waals surface area contributed by atoms with Crippen LogP contribution < -0.4 is 0 Å². The van der Waals surface area contributed by atoms with Crippen LogP contribution in [0.25, 0.3) is 10.4 Å². The molecule has 0 spiro atoms. The van der Waals surface area contributed by atoms with E-state index >= 15 is 0 Å². The highest BCUT2D eigenvalue weighted by atomic mass is 16.5. The first-order valence-electron chi connectivity index (χ1n) is 4.86. The van der Waals surface area contributed by atoms with Gasteiger partial charge >= 0.3 is 5.97 Å².